The lowest BCUT2D eigenvalue weighted by Gasteiger charge is -2.24. The normalized spacial score (nSPS) is 14.2. The third kappa shape index (κ3) is 4.16. The molecule has 1 N–H and O–H groups in total. The second kappa shape index (κ2) is 8.79. The molecule has 0 spiro atoms. The predicted octanol–water partition coefficient (Wildman–Crippen LogP) is 3.54. The molecular formula is C24H21N3O4. The number of esters is 1. The van der Waals surface area contributed by atoms with Crippen molar-refractivity contribution in [2.24, 2.45) is 4.99 Å². The number of H-pyrrole nitrogens is 1. The Bertz CT molecular complexity index is 1100. The maximum absolute atomic E-state index is 12.9. The molecule has 0 bridgehead atoms. The van der Waals surface area contributed by atoms with E-state index in [4.69, 9.17) is 4.74 Å². The van der Waals surface area contributed by atoms with Crippen LogP contribution >= 0.6 is 0 Å². The first kappa shape index (κ1) is 20.3. The summed E-state index contributed by atoms with van der Waals surface area (Å²) in [5.41, 5.74) is 3.02. The van der Waals surface area contributed by atoms with Gasteiger partial charge in [0.2, 0.25) is 0 Å². The van der Waals surface area contributed by atoms with Crippen LogP contribution in [0.15, 0.2) is 71.9 Å². The van der Waals surface area contributed by atoms with E-state index < -0.39 is 23.8 Å². The molecule has 1 aromatic heterocycles. The lowest BCUT2D eigenvalue weighted by Crippen LogP contribution is -2.47. The van der Waals surface area contributed by atoms with E-state index in [9.17, 15) is 14.4 Å². The largest absolute Gasteiger partial charge is 0.464 e. The Kier molecular flexibility index (Phi) is 5.75. The van der Waals surface area contributed by atoms with Crippen LogP contribution in [0.2, 0.25) is 0 Å². The number of amides is 2. The summed E-state index contributed by atoms with van der Waals surface area (Å²) in [7, 11) is 0. The topological polar surface area (TPSA) is 91.8 Å². The van der Waals surface area contributed by atoms with Gasteiger partial charge in [0.15, 0.2) is 0 Å². The van der Waals surface area contributed by atoms with E-state index in [1.807, 2.05) is 42.6 Å². The van der Waals surface area contributed by atoms with Crippen LogP contribution in [-0.2, 0) is 16.0 Å². The number of hydrogen-bond acceptors (Lipinski definition) is 5. The number of ether oxygens (including phenoxy) is 1. The third-order valence-electron chi connectivity index (χ3n) is 5.04. The summed E-state index contributed by atoms with van der Waals surface area (Å²) >= 11 is 0. The van der Waals surface area contributed by atoms with Crippen molar-refractivity contribution in [3.8, 4) is 0 Å². The first-order valence-electron chi connectivity index (χ1n) is 9.98. The molecule has 7 heteroatoms. The summed E-state index contributed by atoms with van der Waals surface area (Å²) in [4.78, 5) is 46.9. The minimum atomic E-state index is -1.04. The van der Waals surface area contributed by atoms with Crippen LogP contribution in [0.3, 0.4) is 0 Å². The second-order valence-corrected chi connectivity index (χ2v) is 7.05. The smallest absolute Gasteiger partial charge is 0.329 e. The minimum Gasteiger partial charge on any atom is -0.464 e. The van der Waals surface area contributed by atoms with Crippen LogP contribution in [0.25, 0.3) is 0 Å². The first-order chi connectivity index (χ1) is 15.1. The summed E-state index contributed by atoms with van der Waals surface area (Å²) < 4.78 is 5.18. The van der Waals surface area contributed by atoms with Crippen LogP contribution in [-0.4, -0.2) is 46.5 Å². The first-order valence-corrected chi connectivity index (χ1v) is 9.98. The molecule has 4 rings (SSSR count). The number of aromatic amines is 1. The Morgan fingerprint density at radius 3 is 2.29 bits per heavy atom. The van der Waals surface area contributed by atoms with Gasteiger partial charge >= 0.3 is 5.97 Å². The number of carbonyl (C=O) groups is 3. The van der Waals surface area contributed by atoms with Crippen LogP contribution in [0.1, 0.15) is 38.9 Å². The van der Waals surface area contributed by atoms with E-state index in [1.165, 1.54) is 0 Å². The van der Waals surface area contributed by atoms with E-state index in [2.05, 4.69) is 9.98 Å². The van der Waals surface area contributed by atoms with Gasteiger partial charge in [0.25, 0.3) is 11.8 Å². The summed E-state index contributed by atoms with van der Waals surface area (Å²) in [6.45, 7) is 1.85. The number of carbonyl (C=O) groups excluding carboxylic acids is 3. The molecule has 2 heterocycles. The number of rotatable bonds is 7. The summed E-state index contributed by atoms with van der Waals surface area (Å²) in [5.74, 6) is -1.57. The van der Waals surface area contributed by atoms with Gasteiger partial charge in [-0.05, 0) is 48.9 Å². The zero-order valence-electron chi connectivity index (χ0n) is 16.9. The molecule has 2 amide bonds. The average molecular weight is 415 g/mol. The van der Waals surface area contributed by atoms with Crippen molar-refractivity contribution in [1.82, 2.24) is 9.88 Å². The quantitative estimate of drug-likeness (QED) is 0.363. The molecule has 0 saturated heterocycles. The van der Waals surface area contributed by atoms with Crippen molar-refractivity contribution >= 4 is 29.7 Å². The fourth-order valence-electron chi connectivity index (χ4n) is 3.52. The maximum atomic E-state index is 12.9. The molecule has 2 aromatic carbocycles. The standard InChI is InChI=1S/C24H21N3O4/c1-2-31-24(30)21(27-22(28)19-7-3-4-8-20(19)23(27)29)14-16-9-11-17(12-10-16)26-15-18-6-5-13-25-18/h3-13,15,21,25H,2,14H2,1H3/t21-/m0/s1. The molecule has 0 unspecified atom stereocenters. The molecule has 1 atom stereocenters. The molecule has 1 aliphatic heterocycles. The number of imide groups is 1. The fourth-order valence-corrected chi connectivity index (χ4v) is 3.52. The number of fused-ring (bicyclic) bond motifs is 1. The zero-order chi connectivity index (χ0) is 21.8. The van der Waals surface area contributed by atoms with Crippen molar-refractivity contribution in [3.63, 3.8) is 0 Å². The van der Waals surface area contributed by atoms with Crippen LogP contribution < -0.4 is 0 Å². The van der Waals surface area contributed by atoms with Gasteiger partial charge in [0.1, 0.15) is 6.04 Å². The van der Waals surface area contributed by atoms with Crippen molar-refractivity contribution in [1.29, 1.82) is 0 Å². The van der Waals surface area contributed by atoms with Gasteiger partial charge in [0, 0.05) is 12.6 Å². The highest BCUT2D eigenvalue weighted by Crippen LogP contribution is 2.27. The maximum Gasteiger partial charge on any atom is 0.329 e. The third-order valence-corrected chi connectivity index (χ3v) is 5.04. The van der Waals surface area contributed by atoms with E-state index in [1.54, 1.807) is 37.4 Å². The van der Waals surface area contributed by atoms with Gasteiger partial charge in [-0.2, -0.15) is 0 Å². The van der Waals surface area contributed by atoms with E-state index in [0.29, 0.717) is 11.1 Å². The molecule has 0 radical (unpaired) electrons. The van der Waals surface area contributed by atoms with Crippen molar-refractivity contribution < 1.29 is 19.1 Å². The van der Waals surface area contributed by atoms with Crippen LogP contribution in [0.4, 0.5) is 5.69 Å². The molecule has 3 aromatic rings. The molecule has 7 nitrogen and oxygen atoms in total. The number of nitrogens with one attached hydrogen (secondary N) is 1. The molecule has 31 heavy (non-hydrogen) atoms. The summed E-state index contributed by atoms with van der Waals surface area (Å²) in [6.07, 6.45) is 3.69. The summed E-state index contributed by atoms with van der Waals surface area (Å²) in [5, 5.41) is 0. The number of nitrogens with zero attached hydrogens (tertiary/aromatic N) is 2. The average Bonchev–Trinajstić information content (AvgIpc) is 3.39. The molecule has 0 aliphatic carbocycles. The van der Waals surface area contributed by atoms with Crippen molar-refractivity contribution in [2.75, 3.05) is 6.61 Å². The summed E-state index contributed by atoms with van der Waals surface area (Å²) in [6, 6.07) is 16.6. The second-order valence-electron chi connectivity index (χ2n) is 7.05. The van der Waals surface area contributed by atoms with Crippen LogP contribution in [0.5, 0.6) is 0 Å². The lowest BCUT2D eigenvalue weighted by atomic mass is 10.0. The van der Waals surface area contributed by atoms with Crippen molar-refractivity contribution in [2.45, 2.75) is 19.4 Å². The van der Waals surface area contributed by atoms with Crippen LogP contribution in [0, 0.1) is 0 Å². The highest BCUT2D eigenvalue weighted by molar-refractivity contribution is 6.22. The van der Waals surface area contributed by atoms with Gasteiger partial charge in [-0.3, -0.25) is 19.5 Å². The Balaban J connectivity index is 1.56. The van der Waals surface area contributed by atoms with Gasteiger partial charge in [-0.15, -0.1) is 0 Å². The zero-order valence-corrected chi connectivity index (χ0v) is 16.9. The Hall–Kier alpha value is -4.00. The van der Waals surface area contributed by atoms with E-state index in [0.717, 1.165) is 21.8 Å². The molecule has 0 saturated carbocycles. The minimum absolute atomic E-state index is 0.158. The number of aliphatic imine (C=N–C) groups is 1. The monoisotopic (exact) mass is 415 g/mol. The van der Waals surface area contributed by atoms with Crippen molar-refractivity contribution in [3.05, 3.63) is 89.2 Å². The number of hydrogen-bond donors (Lipinski definition) is 1. The highest BCUT2D eigenvalue weighted by atomic mass is 16.5. The highest BCUT2D eigenvalue weighted by Gasteiger charge is 2.43. The number of benzene rings is 2. The Morgan fingerprint density at radius 1 is 1.03 bits per heavy atom. The predicted molar refractivity (Wildman–Crippen MR) is 116 cm³/mol. The van der Waals surface area contributed by atoms with Gasteiger partial charge in [-0.1, -0.05) is 24.3 Å². The molecule has 0 fully saturated rings. The Morgan fingerprint density at radius 2 is 1.71 bits per heavy atom. The van der Waals surface area contributed by atoms with E-state index >= 15 is 0 Å². The lowest BCUT2D eigenvalue weighted by molar-refractivity contribution is -0.147. The number of aromatic nitrogens is 1. The van der Waals surface area contributed by atoms with Gasteiger partial charge in [0.05, 0.1) is 35.3 Å². The molecule has 156 valence electrons. The fraction of sp³-hybridized carbons (Fsp3) is 0.167. The van der Waals surface area contributed by atoms with Gasteiger partial charge < -0.3 is 9.72 Å². The Labute approximate surface area is 179 Å². The molecule has 1 aliphatic rings. The van der Waals surface area contributed by atoms with Gasteiger partial charge in [-0.25, -0.2) is 4.79 Å². The SMILES string of the molecule is CCOC(=O)[C@H](Cc1ccc(N=Cc2ccc[nH]2)cc1)N1C(=O)c2ccccc2C1=O. The molecular weight excluding hydrogens is 394 g/mol. The van der Waals surface area contributed by atoms with E-state index in [-0.39, 0.29) is 13.0 Å².